The molecule has 0 amide bonds. The van der Waals surface area contributed by atoms with Crippen LogP contribution in [0.1, 0.15) is 45.7 Å². The second-order valence-corrected chi connectivity index (χ2v) is 6.45. The van der Waals surface area contributed by atoms with Gasteiger partial charge in [-0.15, -0.1) is 0 Å². The van der Waals surface area contributed by atoms with E-state index >= 15 is 0 Å². The van der Waals surface area contributed by atoms with Crippen LogP contribution in [0.5, 0.6) is 0 Å². The van der Waals surface area contributed by atoms with Gasteiger partial charge in [0.1, 0.15) is 5.60 Å². The smallest absolute Gasteiger partial charge is 0.308 e. The van der Waals surface area contributed by atoms with Crippen LogP contribution in [-0.2, 0) is 16.1 Å². The van der Waals surface area contributed by atoms with Gasteiger partial charge in [0.25, 0.3) is 0 Å². The molecule has 0 aromatic heterocycles. The van der Waals surface area contributed by atoms with Crippen molar-refractivity contribution in [1.82, 2.24) is 5.32 Å². The highest BCUT2D eigenvalue weighted by molar-refractivity contribution is 5.71. The summed E-state index contributed by atoms with van der Waals surface area (Å²) in [6, 6.07) is 19.1. The summed E-state index contributed by atoms with van der Waals surface area (Å²) < 4.78 is 13.8. The van der Waals surface area contributed by atoms with Gasteiger partial charge in [0.05, 0.1) is 6.40 Å². The summed E-state index contributed by atoms with van der Waals surface area (Å²) >= 11 is 0. The van der Waals surface area contributed by atoms with Gasteiger partial charge in [0.2, 0.25) is 0 Å². The summed E-state index contributed by atoms with van der Waals surface area (Å²) in [5.41, 5.74) is 1.41. The summed E-state index contributed by atoms with van der Waals surface area (Å²) in [6.45, 7) is 6.02. The second kappa shape index (κ2) is 7.93. The van der Waals surface area contributed by atoms with Gasteiger partial charge in [-0.05, 0) is 31.9 Å². The summed E-state index contributed by atoms with van der Waals surface area (Å²) in [5, 5.41) is 3.33. The molecule has 0 saturated carbocycles. The van der Waals surface area contributed by atoms with Crippen molar-refractivity contribution in [3.63, 3.8) is 0 Å². The van der Waals surface area contributed by atoms with E-state index < -0.39 is 24.0 Å². The number of carbonyl (C=O) groups excluding carboxylic acids is 1. The molecule has 23 heavy (non-hydrogen) atoms. The third-order valence-corrected chi connectivity index (χ3v) is 3.24. The third-order valence-electron chi connectivity index (χ3n) is 3.24. The molecule has 122 valence electrons. The van der Waals surface area contributed by atoms with Crippen molar-refractivity contribution in [3.8, 4) is 0 Å². The molecule has 0 bridgehead atoms. The lowest BCUT2D eigenvalue weighted by Crippen LogP contribution is -2.29. The first-order valence-electron chi connectivity index (χ1n) is 8.42. The Bertz CT molecular complexity index is 638. The minimum atomic E-state index is -1.03. The van der Waals surface area contributed by atoms with Crippen LogP contribution in [0.15, 0.2) is 60.7 Å². The highest BCUT2D eigenvalue weighted by Crippen LogP contribution is 2.20. The number of ether oxygens (including phenoxy) is 1. The molecule has 2 aromatic carbocycles. The first-order chi connectivity index (χ1) is 11.4. The van der Waals surface area contributed by atoms with E-state index in [0.29, 0.717) is 6.54 Å². The van der Waals surface area contributed by atoms with Crippen LogP contribution in [0.2, 0.25) is 0 Å². The lowest BCUT2D eigenvalue weighted by atomic mass is 10.0. The summed E-state index contributed by atoms with van der Waals surface area (Å²) in [6.07, 6.45) is -1.03. The van der Waals surface area contributed by atoms with Crippen molar-refractivity contribution in [1.29, 1.82) is 0 Å². The highest BCUT2D eigenvalue weighted by atomic mass is 16.6. The number of hydrogen-bond acceptors (Lipinski definition) is 3. The van der Waals surface area contributed by atoms with Crippen LogP contribution in [-0.4, -0.2) is 11.6 Å². The number of nitrogens with one attached hydrogen (secondary N) is 1. The third kappa shape index (κ3) is 6.25. The first-order valence-corrected chi connectivity index (χ1v) is 7.84. The molecular formula is C20H25NO2. The average molecular weight is 312 g/mol. The number of carbonyl (C=O) groups is 1. The molecule has 0 aliphatic carbocycles. The zero-order chi connectivity index (χ0) is 17.6. The summed E-state index contributed by atoms with van der Waals surface area (Å²) in [5.74, 6) is -0.517. The molecule has 1 N–H and O–H groups in total. The Hall–Kier alpha value is -2.13. The first kappa shape index (κ1) is 15.8. The van der Waals surface area contributed by atoms with E-state index in [0.717, 1.165) is 11.1 Å². The lowest BCUT2D eigenvalue weighted by molar-refractivity contribution is -0.155. The van der Waals surface area contributed by atoms with Gasteiger partial charge < -0.3 is 10.1 Å². The molecule has 0 radical (unpaired) electrons. The van der Waals surface area contributed by atoms with Crippen molar-refractivity contribution < 1.29 is 10.9 Å². The minimum absolute atomic E-state index is 0.429. The van der Waals surface area contributed by atoms with Gasteiger partial charge in [-0.1, -0.05) is 60.7 Å². The zero-order valence-electron chi connectivity index (χ0n) is 15.0. The molecule has 0 aliphatic heterocycles. The Labute approximate surface area is 140 Å². The molecule has 0 aliphatic rings. The molecule has 0 heterocycles. The average Bonchev–Trinajstić information content (AvgIpc) is 2.55. The van der Waals surface area contributed by atoms with E-state index in [-0.39, 0.29) is 0 Å². The largest absolute Gasteiger partial charge is 0.460 e. The predicted molar refractivity (Wildman–Crippen MR) is 92.9 cm³/mol. The fourth-order valence-corrected chi connectivity index (χ4v) is 2.23. The van der Waals surface area contributed by atoms with Gasteiger partial charge in [-0.2, -0.15) is 0 Å². The monoisotopic (exact) mass is 312 g/mol. The summed E-state index contributed by atoms with van der Waals surface area (Å²) in [7, 11) is 0. The van der Waals surface area contributed by atoms with Crippen LogP contribution in [0.4, 0.5) is 0 Å². The minimum Gasteiger partial charge on any atom is -0.460 e. The van der Waals surface area contributed by atoms with Gasteiger partial charge in [0, 0.05) is 14.0 Å². The Kier molecular flexibility index (Phi) is 5.43. The fraction of sp³-hybridized carbons (Fsp3) is 0.350. The number of hydrogen-bond donors (Lipinski definition) is 1. The molecule has 0 saturated heterocycles. The summed E-state index contributed by atoms with van der Waals surface area (Å²) in [4.78, 5) is 12.3. The predicted octanol–water partition coefficient (Wildman–Crippen LogP) is 4.25. The van der Waals surface area contributed by atoms with Crippen LogP contribution in [0, 0.1) is 0 Å². The maximum atomic E-state index is 12.3. The number of esters is 1. The number of rotatable bonds is 6. The molecular weight excluding hydrogens is 286 g/mol. The van der Waals surface area contributed by atoms with Gasteiger partial charge in [-0.3, -0.25) is 4.79 Å². The van der Waals surface area contributed by atoms with Crippen LogP contribution in [0.3, 0.4) is 0 Å². The van der Waals surface area contributed by atoms with E-state index in [1.165, 1.54) is 0 Å². The molecule has 2 atom stereocenters. The Morgan fingerprint density at radius 3 is 2.22 bits per heavy atom. The Morgan fingerprint density at radius 1 is 1.09 bits per heavy atom. The van der Waals surface area contributed by atoms with E-state index in [9.17, 15) is 4.79 Å². The van der Waals surface area contributed by atoms with Crippen molar-refractivity contribution >= 4 is 5.97 Å². The second-order valence-electron chi connectivity index (χ2n) is 6.45. The van der Waals surface area contributed by atoms with E-state index in [4.69, 9.17) is 6.11 Å². The SMILES string of the molecule is [2H]C(C(=O)OC(C)(C)C)[C@@H](NCc1ccccc1)c1ccccc1. The molecule has 2 aromatic rings. The normalized spacial score (nSPS) is 14.7. The van der Waals surface area contributed by atoms with Gasteiger partial charge >= 0.3 is 5.97 Å². The standard InChI is InChI=1S/C20H25NO2/c1-20(2,3)23-19(22)14-18(17-12-8-5-9-13-17)21-15-16-10-6-4-7-11-16/h4-13,18,21H,14-15H2,1-3H3/t18-/m1/s1/i14D/t14?,18-. The van der Waals surface area contributed by atoms with Crippen molar-refractivity contribution in [2.24, 2.45) is 0 Å². The molecule has 3 heteroatoms. The lowest BCUT2D eigenvalue weighted by Gasteiger charge is -2.23. The van der Waals surface area contributed by atoms with Crippen LogP contribution >= 0.6 is 0 Å². The maximum absolute atomic E-state index is 12.3. The molecule has 1 unspecified atom stereocenters. The Morgan fingerprint density at radius 2 is 1.65 bits per heavy atom. The van der Waals surface area contributed by atoms with E-state index in [1.54, 1.807) is 0 Å². The topological polar surface area (TPSA) is 38.3 Å². The Balaban J connectivity index is 2.15. The maximum Gasteiger partial charge on any atom is 0.308 e. The van der Waals surface area contributed by atoms with Crippen LogP contribution < -0.4 is 5.32 Å². The van der Waals surface area contributed by atoms with E-state index in [2.05, 4.69) is 5.32 Å². The van der Waals surface area contributed by atoms with Crippen molar-refractivity contribution in [2.75, 3.05) is 0 Å². The highest BCUT2D eigenvalue weighted by Gasteiger charge is 2.21. The van der Waals surface area contributed by atoms with Crippen molar-refractivity contribution in [3.05, 3.63) is 71.8 Å². The van der Waals surface area contributed by atoms with Crippen LogP contribution in [0.25, 0.3) is 0 Å². The zero-order valence-corrected chi connectivity index (χ0v) is 14.0. The quantitative estimate of drug-likeness (QED) is 0.810. The fourth-order valence-electron chi connectivity index (χ4n) is 2.23. The molecule has 2 rings (SSSR count). The van der Waals surface area contributed by atoms with Gasteiger partial charge in [0.15, 0.2) is 0 Å². The van der Waals surface area contributed by atoms with E-state index in [1.807, 2.05) is 81.4 Å². The molecule has 0 spiro atoms. The molecule has 3 nitrogen and oxygen atoms in total. The number of benzene rings is 2. The van der Waals surface area contributed by atoms with Gasteiger partial charge in [-0.25, -0.2) is 0 Å². The molecule has 0 fully saturated rings. The van der Waals surface area contributed by atoms with Crippen molar-refractivity contribution in [2.45, 2.75) is 45.4 Å².